The van der Waals surface area contributed by atoms with Crippen LogP contribution in [-0.2, 0) is 0 Å². The highest BCUT2D eigenvalue weighted by Crippen LogP contribution is 2.30. The van der Waals surface area contributed by atoms with Crippen molar-refractivity contribution in [3.05, 3.63) is 40.9 Å². The number of benzene rings is 2. The van der Waals surface area contributed by atoms with Crippen molar-refractivity contribution in [3.63, 3.8) is 0 Å². The van der Waals surface area contributed by atoms with E-state index in [-0.39, 0.29) is 0 Å². The Hall–Kier alpha value is -2.01. The molecule has 0 radical (unpaired) electrons. The second-order valence-corrected chi connectivity index (χ2v) is 4.94. The maximum Gasteiger partial charge on any atom is 0.227 e. The van der Waals surface area contributed by atoms with Gasteiger partial charge in [0, 0.05) is 21.8 Å². The summed E-state index contributed by atoms with van der Waals surface area (Å²) in [5.74, 6) is 1.30. The average Bonchev–Trinajstić information content (AvgIpc) is 2.84. The second-order valence-electron chi connectivity index (χ2n) is 4.09. The van der Waals surface area contributed by atoms with Crippen LogP contribution in [0.15, 0.2) is 45.3 Å². The van der Waals surface area contributed by atoms with Crippen molar-refractivity contribution in [2.45, 2.75) is 0 Å². The van der Waals surface area contributed by atoms with Gasteiger partial charge in [0.1, 0.15) is 11.3 Å². The van der Waals surface area contributed by atoms with Crippen LogP contribution >= 0.6 is 15.9 Å². The first-order chi connectivity index (χ1) is 9.17. The minimum Gasteiger partial charge on any atom is -0.497 e. The maximum atomic E-state index is 5.86. The third-order valence-corrected chi connectivity index (χ3v) is 3.56. The molecule has 5 heteroatoms. The molecular formula is C14H11BrN2O2. The molecule has 3 rings (SSSR count). The van der Waals surface area contributed by atoms with Gasteiger partial charge in [-0.15, -0.1) is 0 Å². The first-order valence-corrected chi connectivity index (χ1v) is 6.46. The lowest BCUT2D eigenvalue weighted by Gasteiger charge is -1.99. The van der Waals surface area contributed by atoms with E-state index in [4.69, 9.17) is 14.9 Å². The van der Waals surface area contributed by atoms with E-state index in [9.17, 15) is 0 Å². The summed E-state index contributed by atoms with van der Waals surface area (Å²) in [6.07, 6.45) is 0. The number of nitrogens with zero attached hydrogens (tertiary/aromatic N) is 1. The van der Waals surface area contributed by atoms with Crippen molar-refractivity contribution in [2.75, 3.05) is 12.8 Å². The topological polar surface area (TPSA) is 61.3 Å². The standard InChI is InChI=1S/C14H11BrN2O2/c1-18-9-3-5-13-12(7-9)17-14(19-13)8-2-4-10(15)11(16)6-8/h2-7H,16H2,1H3. The van der Waals surface area contributed by atoms with Crippen molar-refractivity contribution in [1.82, 2.24) is 4.98 Å². The summed E-state index contributed by atoms with van der Waals surface area (Å²) in [4.78, 5) is 4.44. The third-order valence-electron chi connectivity index (χ3n) is 2.84. The van der Waals surface area contributed by atoms with Gasteiger partial charge in [-0.3, -0.25) is 0 Å². The highest BCUT2D eigenvalue weighted by Gasteiger charge is 2.10. The first-order valence-electron chi connectivity index (χ1n) is 5.67. The average molecular weight is 319 g/mol. The fourth-order valence-corrected chi connectivity index (χ4v) is 2.08. The van der Waals surface area contributed by atoms with Crippen LogP contribution in [0.2, 0.25) is 0 Å². The van der Waals surface area contributed by atoms with Crippen molar-refractivity contribution in [3.8, 4) is 17.2 Å². The molecular weight excluding hydrogens is 308 g/mol. The number of nitrogen functional groups attached to an aromatic ring is 1. The van der Waals surface area contributed by atoms with Crippen LogP contribution < -0.4 is 10.5 Å². The number of hydrogen-bond acceptors (Lipinski definition) is 4. The van der Waals surface area contributed by atoms with E-state index in [0.29, 0.717) is 11.6 Å². The van der Waals surface area contributed by atoms with Crippen LogP contribution in [0.3, 0.4) is 0 Å². The molecule has 2 aromatic carbocycles. The number of oxazole rings is 1. The summed E-state index contributed by atoms with van der Waals surface area (Å²) in [6, 6.07) is 11.1. The number of halogens is 1. The Kier molecular flexibility index (Phi) is 2.91. The molecule has 0 aliphatic carbocycles. The molecule has 96 valence electrons. The Labute approximate surface area is 118 Å². The molecule has 1 heterocycles. The van der Waals surface area contributed by atoms with E-state index in [1.165, 1.54) is 0 Å². The zero-order chi connectivity index (χ0) is 13.4. The summed E-state index contributed by atoms with van der Waals surface area (Å²) in [5, 5.41) is 0. The lowest BCUT2D eigenvalue weighted by molar-refractivity contribution is 0.415. The predicted molar refractivity (Wildman–Crippen MR) is 78.1 cm³/mol. The fraction of sp³-hybridized carbons (Fsp3) is 0.0714. The molecule has 0 saturated heterocycles. The lowest BCUT2D eigenvalue weighted by atomic mass is 10.2. The number of methoxy groups -OCH3 is 1. The Morgan fingerprint density at radius 1 is 1.21 bits per heavy atom. The number of hydrogen-bond donors (Lipinski definition) is 1. The van der Waals surface area contributed by atoms with Gasteiger partial charge in [0.15, 0.2) is 5.58 Å². The smallest absolute Gasteiger partial charge is 0.227 e. The van der Waals surface area contributed by atoms with Gasteiger partial charge in [0.2, 0.25) is 5.89 Å². The Morgan fingerprint density at radius 2 is 2.05 bits per heavy atom. The number of fused-ring (bicyclic) bond motifs is 1. The van der Waals surface area contributed by atoms with Gasteiger partial charge in [0.05, 0.1) is 7.11 Å². The second kappa shape index (κ2) is 4.59. The van der Waals surface area contributed by atoms with E-state index in [1.54, 1.807) is 7.11 Å². The van der Waals surface area contributed by atoms with Crippen LogP contribution in [0.5, 0.6) is 5.75 Å². The van der Waals surface area contributed by atoms with E-state index in [1.807, 2.05) is 36.4 Å². The molecule has 0 bridgehead atoms. The van der Waals surface area contributed by atoms with Crippen LogP contribution in [0.25, 0.3) is 22.6 Å². The molecule has 0 fully saturated rings. The van der Waals surface area contributed by atoms with Crippen molar-refractivity contribution in [2.24, 2.45) is 0 Å². The van der Waals surface area contributed by atoms with Crippen LogP contribution in [0.4, 0.5) is 5.69 Å². The first kappa shape index (κ1) is 12.0. The molecule has 0 unspecified atom stereocenters. The Morgan fingerprint density at radius 3 is 2.79 bits per heavy atom. The number of anilines is 1. The molecule has 0 saturated carbocycles. The molecule has 2 N–H and O–H groups in total. The van der Waals surface area contributed by atoms with Crippen LogP contribution in [-0.4, -0.2) is 12.1 Å². The molecule has 0 aliphatic heterocycles. The summed E-state index contributed by atoms with van der Waals surface area (Å²) in [7, 11) is 1.62. The van der Waals surface area contributed by atoms with Gasteiger partial charge < -0.3 is 14.9 Å². The molecule has 19 heavy (non-hydrogen) atoms. The van der Waals surface area contributed by atoms with Gasteiger partial charge in [-0.05, 0) is 46.3 Å². The monoisotopic (exact) mass is 318 g/mol. The van der Waals surface area contributed by atoms with E-state index >= 15 is 0 Å². The number of aromatic nitrogens is 1. The largest absolute Gasteiger partial charge is 0.497 e. The normalized spacial score (nSPS) is 10.8. The summed E-state index contributed by atoms with van der Waals surface area (Å²) in [6.45, 7) is 0. The minimum atomic E-state index is 0.544. The quantitative estimate of drug-likeness (QED) is 0.729. The molecule has 1 aromatic heterocycles. The van der Waals surface area contributed by atoms with E-state index in [0.717, 1.165) is 26.9 Å². The molecule has 0 aliphatic rings. The Balaban J connectivity index is 2.11. The molecule has 0 atom stereocenters. The highest BCUT2D eigenvalue weighted by molar-refractivity contribution is 9.10. The van der Waals surface area contributed by atoms with Crippen molar-refractivity contribution >= 4 is 32.7 Å². The SMILES string of the molecule is COc1ccc2oc(-c3ccc(Br)c(N)c3)nc2c1. The fourth-order valence-electron chi connectivity index (χ4n) is 1.83. The zero-order valence-corrected chi connectivity index (χ0v) is 11.8. The molecule has 3 aromatic rings. The summed E-state index contributed by atoms with van der Waals surface area (Å²) < 4.78 is 11.7. The lowest BCUT2D eigenvalue weighted by Crippen LogP contribution is -1.87. The Bertz CT molecular complexity index is 752. The van der Waals surface area contributed by atoms with E-state index in [2.05, 4.69) is 20.9 Å². The van der Waals surface area contributed by atoms with Gasteiger partial charge >= 0.3 is 0 Å². The molecule has 4 nitrogen and oxygen atoms in total. The summed E-state index contributed by atoms with van der Waals surface area (Å²) in [5.41, 5.74) is 8.83. The van der Waals surface area contributed by atoms with Gasteiger partial charge in [0.25, 0.3) is 0 Å². The highest BCUT2D eigenvalue weighted by atomic mass is 79.9. The van der Waals surface area contributed by atoms with Gasteiger partial charge in [-0.1, -0.05) is 0 Å². The molecule has 0 amide bonds. The van der Waals surface area contributed by atoms with Gasteiger partial charge in [-0.2, -0.15) is 0 Å². The molecule has 0 spiro atoms. The van der Waals surface area contributed by atoms with Crippen molar-refractivity contribution < 1.29 is 9.15 Å². The van der Waals surface area contributed by atoms with Crippen LogP contribution in [0, 0.1) is 0 Å². The zero-order valence-electron chi connectivity index (χ0n) is 10.2. The summed E-state index contributed by atoms with van der Waals surface area (Å²) >= 11 is 3.36. The third kappa shape index (κ3) is 2.17. The van der Waals surface area contributed by atoms with Gasteiger partial charge in [-0.25, -0.2) is 4.98 Å². The van der Waals surface area contributed by atoms with Crippen LogP contribution in [0.1, 0.15) is 0 Å². The van der Waals surface area contributed by atoms with Crippen molar-refractivity contribution in [1.29, 1.82) is 0 Å². The number of ether oxygens (including phenoxy) is 1. The number of nitrogens with two attached hydrogens (primary N) is 1. The minimum absolute atomic E-state index is 0.544. The predicted octanol–water partition coefficient (Wildman–Crippen LogP) is 3.85. The number of rotatable bonds is 2. The maximum absolute atomic E-state index is 5.86. The van der Waals surface area contributed by atoms with E-state index < -0.39 is 0 Å².